The number of pyridine rings is 1. The van der Waals surface area contributed by atoms with Gasteiger partial charge in [0.05, 0.1) is 30.2 Å². The first-order valence-corrected chi connectivity index (χ1v) is 13.3. The standard InChI is InChI=1S/C22H29N7O3S/c1-2-24-13-11-29-20(32-12-13)17(10-25-29)33(23,31)28-21(30)27-18-14-4-3-5-16(14)26-19-15(18)6-7-22(19)8-9-22/h10,13,24H,2-9,11-12H2,1H3,(H3,23,26,27,28,30,31). The van der Waals surface area contributed by atoms with Gasteiger partial charge in [-0.05, 0) is 62.6 Å². The Morgan fingerprint density at radius 1 is 1.33 bits per heavy atom. The number of nitrogens with two attached hydrogens (primary N) is 1. The summed E-state index contributed by atoms with van der Waals surface area (Å²) in [6.45, 7) is 3.81. The van der Waals surface area contributed by atoms with Gasteiger partial charge >= 0.3 is 6.03 Å². The largest absolute Gasteiger partial charge is 0.475 e. The van der Waals surface area contributed by atoms with Gasteiger partial charge in [-0.2, -0.15) is 5.10 Å². The van der Waals surface area contributed by atoms with Crippen LogP contribution in [0.3, 0.4) is 0 Å². The van der Waals surface area contributed by atoms with E-state index in [0.717, 1.165) is 66.9 Å². The van der Waals surface area contributed by atoms with Crippen LogP contribution in [0.5, 0.6) is 5.88 Å². The van der Waals surface area contributed by atoms with Crippen molar-refractivity contribution in [3.05, 3.63) is 28.7 Å². The van der Waals surface area contributed by atoms with E-state index in [0.29, 0.717) is 19.0 Å². The van der Waals surface area contributed by atoms with E-state index in [1.165, 1.54) is 19.0 Å². The zero-order valence-electron chi connectivity index (χ0n) is 18.7. The van der Waals surface area contributed by atoms with Gasteiger partial charge in [-0.1, -0.05) is 6.92 Å². The topological polar surface area (TPSA) is 137 Å². The summed E-state index contributed by atoms with van der Waals surface area (Å²) < 4.78 is 24.6. The fourth-order valence-corrected chi connectivity index (χ4v) is 6.57. The number of hydrogen-bond acceptors (Lipinski definition) is 6. The van der Waals surface area contributed by atoms with Crippen LogP contribution in [0, 0.1) is 0 Å². The Labute approximate surface area is 193 Å². The van der Waals surface area contributed by atoms with Crippen LogP contribution in [0.1, 0.15) is 55.1 Å². The van der Waals surface area contributed by atoms with E-state index in [1.54, 1.807) is 4.68 Å². The van der Waals surface area contributed by atoms with Crippen LogP contribution in [-0.4, -0.2) is 44.2 Å². The summed E-state index contributed by atoms with van der Waals surface area (Å²) in [7, 11) is -3.53. The maximum Gasteiger partial charge on any atom is 0.354 e. The van der Waals surface area contributed by atoms with Crippen molar-refractivity contribution in [1.29, 1.82) is 0 Å². The molecule has 0 saturated heterocycles. The number of nitrogens with one attached hydrogen (secondary N) is 2. The zero-order valence-corrected chi connectivity index (χ0v) is 19.5. The number of nitrogens with zero attached hydrogens (tertiary/aromatic N) is 4. The Balaban J connectivity index is 1.30. The van der Waals surface area contributed by atoms with Crippen LogP contribution < -0.4 is 20.5 Å². The highest BCUT2D eigenvalue weighted by atomic mass is 32.2. The molecular weight excluding hydrogens is 442 g/mol. The Morgan fingerprint density at radius 3 is 2.97 bits per heavy atom. The third-order valence-electron chi connectivity index (χ3n) is 7.37. The molecule has 1 fully saturated rings. The number of fused-ring (bicyclic) bond motifs is 4. The van der Waals surface area contributed by atoms with Crippen molar-refractivity contribution in [2.75, 3.05) is 18.5 Å². The number of aryl methyl sites for hydroxylation is 1. The predicted molar refractivity (Wildman–Crippen MR) is 123 cm³/mol. The van der Waals surface area contributed by atoms with Gasteiger partial charge in [-0.3, -0.25) is 4.98 Å². The Hall–Kier alpha value is -2.50. The highest BCUT2D eigenvalue weighted by Gasteiger charge is 2.51. The quantitative estimate of drug-likeness (QED) is 0.624. The van der Waals surface area contributed by atoms with Crippen molar-refractivity contribution in [2.24, 2.45) is 9.50 Å². The van der Waals surface area contributed by atoms with E-state index in [1.807, 2.05) is 6.92 Å². The highest BCUT2D eigenvalue weighted by molar-refractivity contribution is 7.91. The van der Waals surface area contributed by atoms with Gasteiger partial charge in [-0.15, -0.1) is 4.36 Å². The minimum absolute atomic E-state index is 0.106. The van der Waals surface area contributed by atoms with Crippen LogP contribution >= 0.6 is 0 Å². The molecule has 2 aromatic heterocycles. The Bertz CT molecular complexity index is 1270. The minimum atomic E-state index is -3.53. The summed E-state index contributed by atoms with van der Waals surface area (Å²) >= 11 is 0. The predicted octanol–water partition coefficient (Wildman–Crippen LogP) is 2.05. The molecule has 2 unspecified atom stereocenters. The summed E-state index contributed by atoms with van der Waals surface area (Å²) in [6.07, 6.45) is 8.55. The number of rotatable bonds is 4. The lowest BCUT2D eigenvalue weighted by molar-refractivity contribution is 0.180. The van der Waals surface area contributed by atoms with Crippen molar-refractivity contribution >= 4 is 21.6 Å². The fourth-order valence-electron chi connectivity index (χ4n) is 5.57. The van der Waals surface area contributed by atoms with Gasteiger partial charge in [-0.25, -0.2) is 18.8 Å². The number of carbonyl (C=O) groups excluding carboxylic acids is 1. The first-order valence-electron chi connectivity index (χ1n) is 11.7. The lowest BCUT2D eigenvalue weighted by Gasteiger charge is -2.25. The summed E-state index contributed by atoms with van der Waals surface area (Å²) in [5.74, 6) is 0.314. The summed E-state index contributed by atoms with van der Waals surface area (Å²) in [4.78, 5) is 18.1. The van der Waals surface area contributed by atoms with Crippen molar-refractivity contribution in [2.45, 2.75) is 74.8 Å². The fraction of sp³-hybridized carbons (Fsp3) is 0.591. The summed E-state index contributed by atoms with van der Waals surface area (Å²) in [6, 6.07) is -0.599. The monoisotopic (exact) mass is 471 g/mol. The molecule has 0 bridgehead atoms. The average Bonchev–Trinajstić information content (AvgIpc) is 3.11. The van der Waals surface area contributed by atoms with Crippen molar-refractivity contribution in [3.63, 3.8) is 0 Å². The third kappa shape index (κ3) is 3.44. The second kappa shape index (κ2) is 7.51. The lowest BCUT2D eigenvalue weighted by atomic mass is 10.0. The summed E-state index contributed by atoms with van der Waals surface area (Å²) in [5, 5.41) is 16.6. The smallest absolute Gasteiger partial charge is 0.354 e. The molecular formula is C22H29N7O3S. The van der Waals surface area contributed by atoms with Crippen molar-refractivity contribution < 1.29 is 13.7 Å². The van der Waals surface area contributed by atoms with Crippen LogP contribution in [0.25, 0.3) is 0 Å². The SMILES string of the molecule is CCNC1COc2c(S(N)(=O)=NC(=O)Nc3c4c(nc5c3CCC53CC3)CCC4)cnn2C1. The van der Waals surface area contributed by atoms with Gasteiger partial charge in [0.1, 0.15) is 11.5 Å². The van der Waals surface area contributed by atoms with E-state index in [2.05, 4.69) is 20.1 Å². The molecule has 176 valence electrons. The number of carbonyl (C=O) groups is 1. The van der Waals surface area contributed by atoms with E-state index < -0.39 is 15.9 Å². The molecule has 2 amide bonds. The van der Waals surface area contributed by atoms with Gasteiger partial charge in [0.25, 0.3) is 0 Å². The zero-order chi connectivity index (χ0) is 22.8. The van der Waals surface area contributed by atoms with Crippen LogP contribution in [-0.2, 0) is 41.1 Å². The van der Waals surface area contributed by atoms with Gasteiger partial charge < -0.3 is 15.4 Å². The van der Waals surface area contributed by atoms with Crippen LogP contribution in [0.2, 0.25) is 0 Å². The first kappa shape index (κ1) is 21.1. The van der Waals surface area contributed by atoms with E-state index in [-0.39, 0.29) is 16.4 Å². The number of urea groups is 1. The second-order valence-corrected chi connectivity index (χ2v) is 11.3. The molecule has 0 aromatic carbocycles. The molecule has 10 nitrogen and oxygen atoms in total. The maximum atomic E-state index is 13.3. The number of aromatic nitrogens is 3. The molecule has 1 aliphatic heterocycles. The maximum absolute atomic E-state index is 13.3. The molecule has 4 aliphatic rings. The molecule has 3 heterocycles. The van der Waals surface area contributed by atoms with Crippen LogP contribution in [0.4, 0.5) is 10.5 Å². The normalized spacial score (nSPS) is 23.3. The minimum Gasteiger partial charge on any atom is -0.475 e. The Morgan fingerprint density at radius 2 is 2.18 bits per heavy atom. The van der Waals surface area contributed by atoms with E-state index >= 15 is 0 Å². The van der Waals surface area contributed by atoms with Gasteiger partial charge in [0, 0.05) is 11.1 Å². The molecule has 3 aliphatic carbocycles. The molecule has 0 radical (unpaired) electrons. The van der Waals surface area contributed by atoms with Gasteiger partial charge in [0.15, 0.2) is 9.92 Å². The molecule has 2 atom stereocenters. The first-order chi connectivity index (χ1) is 15.9. The summed E-state index contributed by atoms with van der Waals surface area (Å²) in [5.41, 5.74) is 5.49. The van der Waals surface area contributed by atoms with Gasteiger partial charge in [0.2, 0.25) is 5.88 Å². The lowest BCUT2D eigenvalue weighted by Crippen LogP contribution is -2.42. The molecule has 11 heteroatoms. The molecule has 33 heavy (non-hydrogen) atoms. The molecule has 4 N–H and O–H groups in total. The van der Waals surface area contributed by atoms with Crippen molar-refractivity contribution in [3.8, 4) is 5.88 Å². The number of anilines is 1. The molecule has 1 spiro atoms. The number of amides is 2. The average molecular weight is 472 g/mol. The van der Waals surface area contributed by atoms with Crippen molar-refractivity contribution in [1.82, 2.24) is 20.1 Å². The number of ether oxygens (including phenoxy) is 1. The van der Waals surface area contributed by atoms with E-state index in [9.17, 15) is 9.00 Å². The molecule has 1 saturated carbocycles. The number of likely N-dealkylation sites (N-methyl/N-ethyl adjacent to an activating group) is 1. The van der Waals surface area contributed by atoms with Crippen LogP contribution in [0.15, 0.2) is 15.5 Å². The highest BCUT2D eigenvalue weighted by Crippen LogP contribution is 2.58. The van der Waals surface area contributed by atoms with E-state index in [4.69, 9.17) is 14.9 Å². The molecule has 6 rings (SSSR count). The Kier molecular flexibility index (Phi) is 4.79. The second-order valence-electron chi connectivity index (χ2n) is 9.52. The number of hydrogen-bond donors (Lipinski definition) is 3. The third-order valence-corrected chi connectivity index (χ3v) is 8.71. The molecule has 2 aromatic rings.